The van der Waals surface area contributed by atoms with Gasteiger partial charge in [0.25, 0.3) is 11.8 Å². The third-order valence-electron chi connectivity index (χ3n) is 4.82. The first-order valence-corrected chi connectivity index (χ1v) is 9.33. The van der Waals surface area contributed by atoms with Crippen LogP contribution >= 0.6 is 11.6 Å². The Balaban J connectivity index is 1.86. The molecule has 2 aliphatic heterocycles. The van der Waals surface area contributed by atoms with Crippen LogP contribution in [-0.4, -0.2) is 50.1 Å². The van der Waals surface area contributed by atoms with Crippen molar-refractivity contribution in [1.82, 2.24) is 4.90 Å². The van der Waals surface area contributed by atoms with Crippen molar-refractivity contribution in [2.75, 3.05) is 38.3 Å². The summed E-state index contributed by atoms with van der Waals surface area (Å²) in [5, 5.41) is 0.411. The van der Waals surface area contributed by atoms with Gasteiger partial charge in [-0.05, 0) is 24.3 Å². The highest BCUT2D eigenvalue weighted by Crippen LogP contribution is 2.38. The number of hydrogen-bond acceptors (Lipinski definition) is 5. The highest BCUT2D eigenvalue weighted by molar-refractivity contribution is 6.41. The molecule has 0 bridgehead atoms. The molecule has 28 heavy (non-hydrogen) atoms. The zero-order chi connectivity index (χ0) is 19.7. The maximum absolute atomic E-state index is 13.4. The molecule has 2 amide bonds. The summed E-state index contributed by atoms with van der Waals surface area (Å²) in [6.45, 7) is 2.58. The molecule has 0 aromatic heterocycles. The Morgan fingerprint density at radius 3 is 2.46 bits per heavy atom. The van der Waals surface area contributed by atoms with E-state index in [1.165, 1.54) is 7.11 Å². The molecule has 1 fully saturated rings. The lowest BCUT2D eigenvalue weighted by molar-refractivity contribution is -0.113. The Labute approximate surface area is 167 Å². The predicted molar refractivity (Wildman–Crippen MR) is 107 cm³/mol. The summed E-state index contributed by atoms with van der Waals surface area (Å²) in [6, 6.07) is 12.0. The maximum atomic E-state index is 13.4. The van der Waals surface area contributed by atoms with E-state index in [4.69, 9.17) is 21.1 Å². The molecular formula is C21H19ClN2O4. The van der Waals surface area contributed by atoms with Crippen LogP contribution in [0.25, 0.3) is 5.57 Å². The minimum absolute atomic E-state index is 0.326. The molecule has 0 N–H and O–H groups in total. The molecule has 0 radical (unpaired) electrons. The lowest BCUT2D eigenvalue weighted by Gasteiger charge is -2.32. The molecule has 0 unspecified atom stereocenters. The van der Waals surface area contributed by atoms with Gasteiger partial charge in [0.1, 0.15) is 5.75 Å². The number of methoxy groups -OCH3 is 1. The summed E-state index contributed by atoms with van der Waals surface area (Å²) in [7, 11) is 1.49. The van der Waals surface area contributed by atoms with Crippen LogP contribution in [0.15, 0.2) is 48.7 Å². The van der Waals surface area contributed by atoms with Gasteiger partial charge < -0.3 is 14.4 Å². The number of anilines is 1. The van der Waals surface area contributed by atoms with Crippen LogP contribution in [0.1, 0.15) is 15.9 Å². The second-order valence-electron chi connectivity index (χ2n) is 6.50. The van der Waals surface area contributed by atoms with E-state index in [1.54, 1.807) is 36.4 Å². The number of carbonyl (C=O) groups is 2. The van der Waals surface area contributed by atoms with E-state index in [2.05, 4.69) is 0 Å². The summed E-state index contributed by atoms with van der Waals surface area (Å²) in [4.78, 5) is 29.8. The average molecular weight is 399 g/mol. The van der Waals surface area contributed by atoms with Gasteiger partial charge in [-0.15, -0.1) is 0 Å². The topological polar surface area (TPSA) is 59.1 Å². The smallest absolute Gasteiger partial charge is 0.267 e. The number of nitrogens with zero attached hydrogens (tertiary/aromatic N) is 2. The molecule has 7 heteroatoms. The van der Waals surface area contributed by atoms with E-state index in [1.807, 2.05) is 17.2 Å². The summed E-state index contributed by atoms with van der Waals surface area (Å²) < 4.78 is 10.8. The van der Waals surface area contributed by atoms with Crippen LogP contribution in [-0.2, 0) is 9.53 Å². The fourth-order valence-electron chi connectivity index (χ4n) is 3.42. The van der Waals surface area contributed by atoms with Crippen LogP contribution in [0.5, 0.6) is 5.75 Å². The molecule has 2 heterocycles. The third kappa shape index (κ3) is 3.25. The zero-order valence-corrected chi connectivity index (χ0v) is 16.1. The van der Waals surface area contributed by atoms with E-state index < -0.39 is 11.8 Å². The van der Waals surface area contributed by atoms with E-state index in [0.29, 0.717) is 59.5 Å². The molecule has 2 aromatic rings. The van der Waals surface area contributed by atoms with Crippen molar-refractivity contribution in [2.45, 2.75) is 0 Å². The first kappa shape index (κ1) is 18.5. The Morgan fingerprint density at radius 1 is 1.04 bits per heavy atom. The van der Waals surface area contributed by atoms with Crippen molar-refractivity contribution in [3.8, 4) is 5.75 Å². The lowest BCUT2D eigenvalue weighted by Crippen LogP contribution is -2.43. The van der Waals surface area contributed by atoms with Crippen LogP contribution in [0, 0.1) is 0 Å². The van der Waals surface area contributed by atoms with Gasteiger partial charge in [-0.1, -0.05) is 29.8 Å². The van der Waals surface area contributed by atoms with Gasteiger partial charge >= 0.3 is 0 Å². The number of fused-ring (bicyclic) bond motifs is 1. The SMILES string of the molecule is COc1ccc(Cl)cc1N1C(=O)C(=CN2CCOCC2)c2ccccc2C1=O. The summed E-state index contributed by atoms with van der Waals surface area (Å²) >= 11 is 6.14. The number of ether oxygens (including phenoxy) is 2. The first-order chi connectivity index (χ1) is 13.6. The van der Waals surface area contributed by atoms with Crippen LogP contribution < -0.4 is 9.64 Å². The first-order valence-electron chi connectivity index (χ1n) is 8.95. The highest BCUT2D eigenvalue weighted by Gasteiger charge is 2.37. The monoisotopic (exact) mass is 398 g/mol. The molecular weight excluding hydrogens is 380 g/mol. The van der Waals surface area contributed by atoms with Gasteiger partial charge in [-0.3, -0.25) is 9.59 Å². The van der Waals surface area contributed by atoms with Crippen molar-refractivity contribution < 1.29 is 19.1 Å². The second kappa shape index (κ2) is 7.66. The zero-order valence-electron chi connectivity index (χ0n) is 15.4. The number of imide groups is 1. The maximum Gasteiger partial charge on any atom is 0.267 e. The highest BCUT2D eigenvalue weighted by atomic mass is 35.5. The summed E-state index contributed by atoms with van der Waals surface area (Å²) in [5.41, 5.74) is 1.87. The molecule has 2 aromatic carbocycles. The number of morpholine rings is 1. The van der Waals surface area contributed by atoms with Crippen molar-refractivity contribution in [3.05, 3.63) is 64.8 Å². The number of hydrogen-bond donors (Lipinski definition) is 0. The number of benzene rings is 2. The lowest BCUT2D eigenvalue weighted by atomic mass is 9.93. The van der Waals surface area contributed by atoms with Gasteiger partial charge in [0.05, 0.1) is 31.6 Å². The Morgan fingerprint density at radius 2 is 1.75 bits per heavy atom. The minimum atomic E-state index is -0.407. The molecule has 1 saturated heterocycles. The number of halogens is 1. The van der Waals surface area contributed by atoms with E-state index in [9.17, 15) is 9.59 Å². The van der Waals surface area contributed by atoms with E-state index in [-0.39, 0.29) is 0 Å². The molecule has 0 aliphatic carbocycles. The number of amides is 2. The third-order valence-corrected chi connectivity index (χ3v) is 5.06. The average Bonchev–Trinajstić information content (AvgIpc) is 2.72. The largest absolute Gasteiger partial charge is 0.495 e. The minimum Gasteiger partial charge on any atom is -0.495 e. The number of rotatable bonds is 3. The predicted octanol–water partition coefficient (Wildman–Crippen LogP) is 3.21. The standard InChI is InChI=1S/C21H19ClN2O4/c1-27-19-7-6-14(22)12-18(19)24-20(25)16-5-3-2-4-15(16)17(21(24)26)13-23-8-10-28-11-9-23/h2-7,12-13H,8-11H2,1H3. The molecule has 144 valence electrons. The summed E-state index contributed by atoms with van der Waals surface area (Å²) in [6.07, 6.45) is 1.82. The van der Waals surface area contributed by atoms with Crippen LogP contribution in [0.3, 0.4) is 0 Å². The molecule has 0 spiro atoms. The van der Waals surface area contributed by atoms with Crippen molar-refractivity contribution in [1.29, 1.82) is 0 Å². The molecule has 0 atom stereocenters. The molecule has 4 rings (SSSR count). The number of carbonyl (C=O) groups excluding carboxylic acids is 2. The molecule has 2 aliphatic rings. The van der Waals surface area contributed by atoms with Gasteiger partial charge in [0.2, 0.25) is 0 Å². The van der Waals surface area contributed by atoms with Gasteiger partial charge in [-0.2, -0.15) is 0 Å². The fourth-order valence-corrected chi connectivity index (χ4v) is 3.59. The normalized spacial score (nSPS) is 18.4. The fraction of sp³-hybridized carbons (Fsp3) is 0.238. The van der Waals surface area contributed by atoms with Crippen molar-refractivity contribution in [2.24, 2.45) is 0 Å². The van der Waals surface area contributed by atoms with Crippen LogP contribution in [0.4, 0.5) is 5.69 Å². The van der Waals surface area contributed by atoms with Crippen molar-refractivity contribution >= 4 is 34.7 Å². The Kier molecular flexibility index (Phi) is 5.07. The Hall–Kier alpha value is -2.83. The quantitative estimate of drug-likeness (QED) is 0.587. The van der Waals surface area contributed by atoms with Gasteiger partial charge in [0.15, 0.2) is 0 Å². The molecule has 6 nitrogen and oxygen atoms in total. The van der Waals surface area contributed by atoms with Gasteiger partial charge in [0, 0.05) is 35.4 Å². The Bertz CT molecular complexity index is 967. The van der Waals surface area contributed by atoms with Crippen molar-refractivity contribution in [3.63, 3.8) is 0 Å². The summed E-state index contributed by atoms with van der Waals surface area (Å²) in [5.74, 6) is -0.410. The van der Waals surface area contributed by atoms with E-state index in [0.717, 1.165) is 4.90 Å². The van der Waals surface area contributed by atoms with Crippen LogP contribution in [0.2, 0.25) is 5.02 Å². The van der Waals surface area contributed by atoms with E-state index >= 15 is 0 Å². The van der Waals surface area contributed by atoms with Gasteiger partial charge in [-0.25, -0.2) is 4.90 Å². The second-order valence-corrected chi connectivity index (χ2v) is 6.94. The molecule has 0 saturated carbocycles.